The highest BCUT2D eigenvalue weighted by atomic mass is 32.1. The first-order valence-corrected chi connectivity index (χ1v) is 6.25. The van der Waals surface area contributed by atoms with E-state index in [1.807, 2.05) is 18.4 Å². The highest BCUT2D eigenvalue weighted by Gasteiger charge is 2.17. The van der Waals surface area contributed by atoms with Crippen LogP contribution in [0.25, 0.3) is 0 Å². The molecule has 0 radical (unpaired) electrons. The third kappa shape index (κ3) is 3.83. The number of nitrogens with one attached hydrogen (secondary N) is 1. The Labute approximate surface area is 105 Å². The zero-order valence-electron chi connectivity index (χ0n) is 9.97. The summed E-state index contributed by atoms with van der Waals surface area (Å²) in [6.07, 6.45) is 0. The van der Waals surface area contributed by atoms with E-state index in [1.54, 1.807) is 13.1 Å². The minimum Gasteiger partial charge on any atom is -0.345 e. The number of nitrogens with zero attached hydrogens (tertiary/aromatic N) is 1. The van der Waals surface area contributed by atoms with Crippen LogP contribution < -0.4 is 11.1 Å². The van der Waals surface area contributed by atoms with E-state index >= 15 is 0 Å². The summed E-state index contributed by atoms with van der Waals surface area (Å²) in [6, 6.07) is 2.94. The Morgan fingerprint density at radius 1 is 1.59 bits per heavy atom. The largest absolute Gasteiger partial charge is 0.345 e. The Kier molecular flexibility index (Phi) is 5.11. The topological polar surface area (TPSA) is 75.4 Å². The fourth-order valence-electron chi connectivity index (χ4n) is 1.18. The summed E-state index contributed by atoms with van der Waals surface area (Å²) in [5.41, 5.74) is 5.75. The summed E-state index contributed by atoms with van der Waals surface area (Å²) in [5.74, 6) is -0.454. The number of amides is 2. The van der Waals surface area contributed by atoms with Crippen LogP contribution in [0.2, 0.25) is 0 Å². The molecule has 0 aliphatic carbocycles. The minimum atomic E-state index is -0.699. The second-order valence-corrected chi connectivity index (χ2v) is 4.60. The minimum absolute atomic E-state index is 0.0117. The van der Waals surface area contributed by atoms with Crippen LogP contribution in [0.5, 0.6) is 0 Å². The highest BCUT2D eigenvalue weighted by molar-refractivity contribution is 7.10. The van der Waals surface area contributed by atoms with Gasteiger partial charge in [-0.3, -0.25) is 9.59 Å². The molecule has 1 atom stereocenters. The number of likely N-dealkylation sites (N-methyl/N-ethyl adjacent to an activating group) is 1. The number of nitrogens with two attached hydrogens (primary N) is 1. The summed E-state index contributed by atoms with van der Waals surface area (Å²) in [5, 5.41) is 4.40. The van der Waals surface area contributed by atoms with E-state index < -0.39 is 6.04 Å². The Morgan fingerprint density at radius 3 is 2.82 bits per heavy atom. The van der Waals surface area contributed by atoms with Crippen LogP contribution in [-0.2, 0) is 9.59 Å². The Bertz CT molecular complexity index is 378. The van der Waals surface area contributed by atoms with Crippen molar-refractivity contribution in [2.45, 2.75) is 13.0 Å². The summed E-state index contributed by atoms with van der Waals surface area (Å²) >= 11 is 1.42. The SMILES string of the molecule is CCN(C)C(=O)CNC(=O)C(N)c1cccs1. The van der Waals surface area contributed by atoms with Gasteiger partial charge in [0, 0.05) is 18.5 Å². The number of carbonyl (C=O) groups excluding carboxylic acids is 2. The number of rotatable bonds is 5. The van der Waals surface area contributed by atoms with Crippen molar-refractivity contribution in [1.29, 1.82) is 0 Å². The normalized spacial score (nSPS) is 11.9. The average Bonchev–Trinajstić information content (AvgIpc) is 2.87. The lowest BCUT2D eigenvalue weighted by atomic mass is 10.2. The molecule has 0 aromatic carbocycles. The van der Waals surface area contributed by atoms with Crippen molar-refractivity contribution in [3.8, 4) is 0 Å². The number of hydrogen-bond acceptors (Lipinski definition) is 4. The Balaban J connectivity index is 2.42. The van der Waals surface area contributed by atoms with Gasteiger partial charge in [0.25, 0.3) is 0 Å². The van der Waals surface area contributed by atoms with Crippen LogP contribution >= 0.6 is 11.3 Å². The Hall–Kier alpha value is -1.40. The van der Waals surface area contributed by atoms with Crippen LogP contribution in [-0.4, -0.2) is 36.9 Å². The smallest absolute Gasteiger partial charge is 0.242 e. The first kappa shape index (κ1) is 13.7. The van der Waals surface area contributed by atoms with Crippen LogP contribution in [0.3, 0.4) is 0 Å². The van der Waals surface area contributed by atoms with Crippen molar-refractivity contribution in [2.75, 3.05) is 20.1 Å². The van der Waals surface area contributed by atoms with Crippen molar-refractivity contribution in [3.05, 3.63) is 22.4 Å². The molecule has 6 heteroatoms. The van der Waals surface area contributed by atoms with Crippen molar-refractivity contribution >= 4 is 23.2 Å². The average molecular weight is 255 g/mol. The lowest BCUT2D eigenvalue weighted by Crippen LogP contribution is -2.41. The van der Waals surface area contributed by atoms with Crippen molar-refractivity contribution in [1.82, 2.24) is 10.2 Å². The second kappa shape index (κ2) is 6.36. The molecule has 0 saturated heterocycles. The highest BCUT2D eigenvalue weighted by Crippen LogP contribution is 2.16. The first-order chi connectivity index (χ1) is 8.06. The summed E-state index contributed by atoms with van der Waals surface area (Å²) < 4.78 is 0. The van der Waals surface area contributed by atoms with E-state index in [9.17, 15) is 9.59 Å². The van der Waals surface area contributed by atoms with Gasteiger partial charge in [-0.1, -0.05) is 6.07 Å². The van der Waals surface area contributed by atoms with Crippen LogP contribution in [0.4, 0.5) is 0 Å². The molecular weight excluding hydrogens is 238 g/mol. The molecule has 3 N–H and O–H groups in total. The lowest BCUT2D eigenvalue weighted by Gasteiger charge is -2.16. The van der Waals surface area contributed by atoms with Gasteiger partial charge in [0.15, 0.2) is 0 Å². The van der Waals surface area contributed by atoms with Crippen molar-refractivity contribution in [3.63, 3.8) is 0 Å². The number of hydrogen-bond donors (Lipinski definition) is 2. The predicted octanol–water partition coefficient (Wildman–Crippen LogP) is 0.342. The fourth-order valence-corrected chi connectivity index (χ4v) is 1.91. The van der Waals surface area contributed by atoms with Crippen LogP contribution in [0.1, 0.15) is 17.8 Å². The molecule has 0 fully saturated rings. The maximum Gasteiger partial charge on any atom is 0.242 e. The number of thiophene rings is 1. The van der Waals surface area contributed by atoms with Crippen molar-refractivity contribution < 1.29 is 9.59 Å². The van der Waals surface area contributed by atoms with Gasteiger partial charge in [0.2, 0.25) is 11.8 Å². The fraction of sp³-hybridized carbons (Fsp3) is 0.455. The molecule has 17 heavy (non-hydrogen) atoms. The van der Waals surface area contributed by atoms with E-state index in [2.05, 4.69) is 5.32 Å². The molecule has 1 heterocycles. The van der Waals surface area contributed by atoms with Crippen molar-refractivity contribution in [2.24, 2.45) is 5.73 Å². The monoisotopic (exact) mass is 255 g/mol. The molecule has 2 amide bonds. The van der Waals surface area contributed by atoms with Gasteiger partial charge < -0.3 is 16.0 Å². The van der Waals surface area contributed by atoms with Gasteiger partial charge >= 0.3 is 0 Å². The van der Waals surface area contributed by atoms with E-state index in [0.717, 1.165) is 4.88 Å². The Morgan fingerprint density at radius 2 is 2.29 bits per heavy atom. The van der Waals surface area contributed by atoms with Gasteiger partial charge in [0.1, 0.15) is 6.04 Å². The summed E-state index contributed by atoms with van der Waals surface area (Å²) in [7, 11) is 1.69. The first-order valence-electron chi connectivity index (χ1n) is 5.37. The molecule has 5 nitrogen and oxygen atoms in total. The maximum atomic E-state index is 11.7. The molecule has 0 saturated carbocycles. The summed E-state index contributed by atoms with van der Waals surface area (Å²) in [4.78, 5) is 25.4. The van der Waals surface area contributed by atoms with E-state index in [1.165, 1.54) is 16.2 Å². The maximum absolute atomic E-state index is 11.7. The van der Waals surface area contributed by atoms with Gasteiger partial charge in [-0.2, -0.15) is 0 Å². The molecule has 1 aromatic rings. The molecule has 0 aliphatic rings. The number of carbonyl (C=O) groups is 2. The predicted molar refractivity (Wildman–Crippen MR) is 67.6 cm³/mol. The van der Waals surface area contributed by atoms with Gasteiger partial charge in [0.05, 0.1) is 6.54 Å². The van der Waals surface area contributed by atoms with E-state index in [-0.39, 0.29) is 18.4 Å². The lowest BCUT2D eigenvalue weighted by molar-refractivity contribution is -0.132. The molecule has 1 unspecified atom stereocenters. The van der Waals surface area contributed by atoms with Crippen LogP contribution in [0, 0.1) is 0 Å². The van der Waals surface area contributed by atoms with Gasteiger partial charge in [-0.25, -0.2) is 0 Å². The van der Waals surface area contributed by atoms with Gasteiger partial charge in [-0.05, 0) is 18.4 Å². The molecular formula is C11H17N3O2S. The standard InChI is InChI=1S/C11H17N3O2S/c1-3-14(2)9(15)7-13-11(16)10(12)8-5-4-6-17-8/h4-6,10H,3,7,12H2,1-2H3,(H,13,16). The summed E-state index contributed by atoms with van der Waals surface area (Å²) in [6.45, 7) is 2.48. The van der Waals surface area contributed by atoms with Crippen LogP contribution in [0.15, 0.2) is 17.5 Å². The molecule has 1 aromatic heterocycles. The van der Waals surface area contributed by atoms with E-state index in [4.69, 9.17) is 5.73 Å². The van der Waals surface area contributed by atoms with Gasteiger partial charge in [-0.15, -0.1) is 11.3 Å². The molecule has 0 spiro atoms. The van der Waals surface area contributed by atoms with E-state index in [0.29, 0.717) is 6.54 Å². The molecule has 0 bridgehead atoms. The third-order valence-electron chi connectivity index (χ3n) is 2.45. The quantitative estimate of drug-likeness (QED) is 0.797. The zero-order chi connectivity index (χ0) is 12.8. The molecule has 0 aliphatic heterocycles. The molecule has 94 valence electrons. The third-order valence-corrected chi connectivity index (χ3v) is 3.40. The molecule has 1 rings (SSSR count). The second-order valence-electron chi connectivity index (χ2n) is 3.62. The zero-order valence-corrected chi connectivity index (χ0v) is 10.8.